The van der Waals surface area contributed by atoms with Gasteiger partial charge in [-0.2, -0.15) is 0 Å². The molecule has 5 heteroatoms. The normalized spacial score (nSPS) is 20.3. The van der Waals surface area contributed by atoms with Crippen molar-refractivity contribution in [3.63, 3.8) is 0 Å². The number of nitrogens with one attached hydrogen (secondary N) is 1. The number of nitrogens with zero attached hydrogens (tertiary/aromatic N) is 2. The van der Waals surface area contributed by atoms with E-state index >= 15 is 0 Å². The van der Waals surface area contributed by atoms with Crippen LogP contribution in [0.2, 0.25) is 0 Å². The van der Waals surface area contributed by atoms with Gasteiger partial charge in [0, 0.05) is 30.9 Å². The van der Waals surface area contributed by atoms with E-state index in [2.05, 4.69) is 16.8 Å². The number of nitrogens with two attached hydrogens (primary N) is 1. The minimum Gasteiger partial charge on any atom is -0.384 e. The van der Waals surface area contributed by atoms with Crippen molar-refractivity contribution in [3.05, 3.63) is 29.6 Å². The molecule has 0 radical (unpaired) electrons. The minimum atomic E-state index is -0.358. The number of halogens is 1. The number of likely N-dealkylation sites (N-methyl/N-ethyl adjacent to an activating group) is 2. The van der Waals surface area contributed by atoms with Gasteiger partial charge in [0.2, 0.25) is 0 Å². The molecule has 3 N–H and O–H groups in total. The molecule has 0 bridgehead atoms. The highest BCUT2D eigenvalue weighted by atomic mass is 19.1. The zero-order valence-corrected chi connectivity index (χ0v) is 11.5. The van der Waals surface area contributed by atoms with Crippen LogP contribution in [-0.2, 0) is 0 Å². The molecule has 1 aliphatic rings. The van der Waals surface area contributed by atoms with Crippen molar-refractivity contribution in [3.8, 4) is 0 Å². The molecular formula is C14H21FN4. The number of anilines is 1. The van der Waals surface area contributed by atoms with Crippen molar-refractivity contribution in [1.82, 2.24) is 4.90 Å². The molecule has 1 aliphatic heterocycles. The number of nitrogen functional groups attached to an aromatic ring is 1. The molecule has 104 valence electrons. The van der Waals surface area contributed by atoms with Crippen molar-refractivity contribution >= 4 is 11.5 Å². The Hall–Kier alpha value is -1.62. The Morgan fingerprint density at radius 3 is 2.89 bits per heavy atom. The van der Waals surface area contributed by atoms with Gasteiger partial charge < -0.3 is 15.5 Å². The smallest absolute Gasteiger partial charge is 0.125 e. The first kappa shape index (κ1) is 13.8. The second-order valence-corrected chi connectivity index (χ2v) is 5.24. The van der Waals surface area contributed by atoms with Crippen molar-refractivity contribution in [1.29, 1.82) is 5.41 Å². The maximum absolute atomic E-state index is 13.3. The third-order valence-corrected chi connectivity index (χ3v) is 3.78. The molecule has 1 aromatic carbocycles. The first-order chi connectivity index (χ1) is 8.99. The predicted molar refractivity (Wildman–Crippen MR) is 76.3 cm³/mol. The highest BCUT2D eigenvalue weighted by Gasteiger charge is 2.23. The zero-order chi connectivity index (χ0) is 14.0. The van der Waals surface area contributed by atoms with Crippen molar-refractivity contribution < 1.29 is 4.39 Å². The molecule has 2 rings (SSSR count). The molecular weight excluding hydrogens is 243 g/mol. The molecule has 0 aromatic heterocycles. The first-order valence-corrected chi connectivity index (χ1v) is 6.54. The van der Waals surface area contributed by atoms with E-state index in [4.69, 9.17) is 11.1 Å². The van der Waals surface area contributed by atoms with Crippen LogP contribution in [-0.4, -0.2) is 44.0 Å². The lowest BCUT2D eigenvalue weighted by Gasteiger charge is -2.37. The second kappa shape index (κ2) is 5.57. The Kier molecular flexibility index (Phi) is 4.04. The molecule has 1 aromatic rings. The lowest BCUT2D eigenvalue weighted by atomic mass is 10.0. The SMILES string of the molecule is CN1CCCC(N(C)c2ccc(F)cc2C(=N)N)C1. The summed E-state index contributed by atoms with van der Waals surface area (Å²) in [6.07, 6.45) is 2.26. The predicted octanol–water partition coefficient (Wildman–Crippen LogP) is 1.64. The van der Waals surface area contributed by atoms with Crippen LogP contribution in [0.4, 0.5) is 10.1 Å². The van der Waals surface area contributed by atoms with Crippen LogP contribution in [0.3, 0.4) is 0 Å². The molecule has 1 saturated heterocycles. The standard InChI is InChI=1S/C14H21FN4/c1-18-7-3-4-11(9-18)19(2)13-6-5-10(15)8-12(13)14(16)17/h5-6,8,11H,3-4,7,9H2,1-2H3,(H3,16,17). The number of rotatable bonds is 3. The van der Waals surface area contributed by atoms with E-state index in [-0.39, 0.29) is 11.7 Å². The summed E-state index contributed by atoms with van der Waals surface area (Å²) in [5, 5.41) is 7.59. The average molecular weight is 264 g/mol. The molecule has 1 heterocycles. The summed E-state index contributed by atoms with van der Waals surface area (Å²) in [6, 6.07) is 4.84. The third-order valence-electron chi connectivity index (χ3n) is 3.78. The third kappa shape index (κ3) is 3.04. The maximum Gasteiger partial charge on any atom is 0.125 e. The summed E-state index contributed by atoms with van der Waals surface area (Å²) in [4.78, 5) is 4.41. The van der Waals surface area contributed by atoms with Gasteiger partial charge in [-0.3, -0.25) is 5.41 Å². The summed E-state index contributed by atoms with van der Waals surface area (Å²) in [5.41, 5.74) is 6.85. The van der Waals surface area contributed by atoms with E-state index in [0.29, 0.717) is 11.6 Å². The average Bonchev–Trinajstić information content (AvgIpc) is 2.37. The Bertz CT molecular complexity index is 475. The Morgan fingerprint density at radius 2 is 2.26 bits per heavy atom. The van der Waals surface area contributed by atoms with Gasteiger partial charge >= 0.3 is 0 Å². The van der Waals surface area contributed by atoms with E-state index in [1.54, 1.807) is 6.07 Å². The van der Waals surface area contributed by atoms with E-state index in [1.165, 1.54) is 12.1 Å². The van der Waals surface area contributed by atoms with E-state index in [9.17, 15) is 4.39 Å². The van der Waals surface area contributed by atoms with Gasteiger partial charge in [-0.05, 0) is 44.6 Å². The fourth-order valence-electron chi connectivity index (χ4n) is 2.68. The van der Waals surface area contributed by atoms with Gasteiger partial charge in [-0.1, -0.05) is 0 Å². The zero-order valence-electron chi connectivity index (χ0n) is 11.5. The van der Waals surface area contributed by atoms with Crippen LogP contribution in [0, 0.1) is 11.2 Å². The van der Waals surface area contributed by atoms with Crippen LogP contribution in [0.5, 0.6) is 0 Å². The summed E-state index contributed by atoms with van der Waals surface area (Å²) < 4.78 is 13.3. The highest BCUT2D eigenvalue weighted by molar-refractivity contribution is 6.00. The number of benzene rings is 1. The topological polar surface area (TPSA) is 56.4 Å². The second-order valence-electron chi connectivity index (χ2n) is 5.24. The number of piperidine rings is 1. The van der Waals surface area contributed by atoms with Crippen molar-refractivity contribution in [2.75, 3.05) is 32.1 Å². The summed E-state index contributed by atoms with van der Waals surface area (Å²) in [6.45, 7) is 2.10. The van der Waals surface area contributed by atoms with Gasteiger partial charge in [0.15, 0.2) is 0 Å². The number of likely N-dealkylation sites (tertiary alicyclic amines) is 1. The quantitative estimate of drug-likeness (QED) is 0.644. The Labute approximate surface area is 113 Å². The first-order valence-electron chi connectivity index (χ1n) is 6.54. The van der Waals surface area contributed by atoms with E-state index < -0.39 is 0 Å². The highest BCUT2D eigenvalue weighted by Crippen LogP contribution is 2.25. The van der Waals surface area contributed by atoms with Gasteiger partial charge in [0.25, 0.3) is 0 Å². The summed E-state index contributed by atoms with van der Waals surface area (Å²) >= 11 is 0. The molecule has 0 spiro atoms. The van der Waals surface area contributed by atoms with Crippen LogP contribution < -0.4 is 10.6 Å². The molecule has 0 saturated carbocycles. The molecule has 0 aliphatic carbocycles. The minimum absolute atomic E-state index is 0.0921. The number of amidine groups is 1. The monoisotopic (exact) mass is 264 g/mol. The maximum atomic E-state index is 13.3. The van der Waals surface area contributed by atoms with Crippen LogP contribution in [0.15, 0.2) is 18.2 Å². The van der Waals surface area contributed by atoms with E-state index in [0.717, 1.165) is 31.6 Å². The van der Waals surface area contributed by atoms with Crippen molar-refractivity contribution in [2.45, 2.75) is 18.9 Å². The van der Waals surface area contributed by atoms with Crippen LogP contribution >= 0.6 is 0 Å². The number of hydrogen-bond acceptors (Lipinski definition) is 3. The number of hydrogen-bond donors (Lipinski definition) is 2. The Morgan fingerprint density at radius 1 is 1.53 bits per heavy atom. The van der Waals surface area contributed by atoms with Gasteiger partial charge in [-0.15, -0.1) is 0 Å². The molecule has 19 heavy (non-hydrogen) atoms. The molecule has 1 fully saturated rings. The van der Waals surface area contributed by atoms with Crippen LogP contribution in [0.1, 0.15) is 18.4 Å². The summed E-state index contributed by atoms with van der Waals surface area (Å²) in [7, 11) is 4.10. The lowest BCUT2D eigenvalue weighted by molar-refractivity contribution is 0.248. The molecule has 1 atom stereocenters. The Balaban J connectivity index is 2.27. The lowest BCUT2D eigenvalue weighted by Crippen LogP contribution is -2.45. The van der Waals surface area contributed by atoms with Crippen LogP contribution in [0.25, 0.3) is 0 Å². The molecule has 4 nitrogen and oxygen atoms in total. The largest absolute Gasteiger partial charge is 0.384 e. The fraction of sp³-hybridized carbons (Fsp3) is 0.500. The molecule has 0 amide bonds. The van der Waals surface area contributed by atoms with E-state index in [1.807, 2.05) is 7.05 Å². The van der Waals surface area contributed by atoms with Gasteiger partial charge in [-0.25, -0.2) is 4.39 Å². The van der Waals surface area contributed by atoms with Crippen molar-refractivity contribution in [2.24, 2.45) is 5.73 Å². The summed E-state index contributed by atoms with van der Waals surface area (Å²) in [5.74, 6) is -0.450. The fourth-order valence-corrected chi connectivity index (χ4v) is 2.68. The van der Waals surface area contributed by atoms with Gasteiger partial charge in [0.1, 0.15) is 11.7 Å². The molecule has 1 unspecified atom stereocenters. The van der Waals surface area contributed by atoms with Gasteiger partial charge in [0.05, 0.1) is 0 Å².